The highest BCUT2D eigenvalue weighted by Gasteiger charge is 2.29. The van der Waals surface area contributed by atoms with E-state index in [4.69, 9.17) is 49.6 Å². The molecule has 1 aliphatic carbocycles. The van der Waals surface area contributed by atoms with E-state index in [1.165, 1.54) is 0 Å². The van der Waals surface area contributed by atoms with Gasteiger partial charge in [0.1, 0.15) is 5.82 Å². The maximum absolute atomic E-state index is 6.31. The topological polar surface area (TPSA) is 118 Å². The molecule has 2 aliphatic rings. The van der Waals surface area contributed by atoms with Gasteiger partial charge in [-0.2, -0.15) is 15.0 Å². The van der Waals surface area contributed by atoms with E-state index in [9.17, 15) is 0 Å². The summed E-state index contributed by atoms with van der Waals surface area (Å²) in [6.45, 7) is 1.50. The summed E-state index contributed by atoms with van der Waals surface area (Å²) in [5.41, 5.74) is 13.3. The van der Waals surface area contributed by atoms with Crippen molar-refractivity contribution in [1.29, 1.82) is 0 Å². The molecule has 8 nitrogen and oxygen atoms in total. The SMILES string of the molecule is CN[C@H]1C[C@@H](N)CN(c2nc(Nc3ccc(Cl)c(Cl)c3)nc(C3CCC[C@H](N)C3)n2)C1. The van der Waals surface area contributed by atoms with Crippen LogP contribution in [0.4, 0.5) is 17.6 Å². The molecule has 0 bridgehead atoms. The van der Waals surface area contributed by atoms with Crippen LogP contribution < -0.4 is 27.0 Å². The summed E-state index contributed by atoms with van der Waals surface area (Å²) in [4.78, 5) is 16.5. The molecule has 2 heterocycles. The predicted octanol–water partition coefficient (Wildman–Crippen LogP) is 3.03. The predicted molar refractivity (Wildman–Crippen MR) is 126 cm³/mol. The highest BCUT2D eigenvalue weighted by atomic mass is 35.5. The number of nitrogens with two attached hydrogens (primary N) is 2. The van der Waals surface area contributed by atoms with E-state index in [1.807, 2.05) is 13.1 Å². The van der Waals surface area contributed by atoms with Crippen molar-refractivity contribution in [2.24, 2.45) is 11.5 Å². The lowest BCUT2D eigenvalue weighted by molar-refractivity contribution is 0.379. The lowest BCUT2D eigenvalue weighted by Crippen LogP contribution is -2.53. The molecule has 4 rings (SSSR count). The molecule has 31 heavy (non-hydrogen) atoms. The second kappa shape index (κ2) is 9.83. The summed E-state index contributed by atoms with van der Waals surface area (Å²) in [5, 5.41) is 7.57. The summed E-state index contributed by atoms with van der Waals surface area (Å²) in [5.74, 6) is 2.13. The molecule has 0 radical (unpaired) electrons. The molecule has 1 saturated heterocycles. The van der Waals surface area contributed by atoms with Crippen LogP contribution in [0, 0.1) is 0 Å². The Morgan fingerprint density at radius 3 is 2.58 bits per heavy atom. The highest BCUT2D eigenvalue weighted by molar-refractivity contribution is 6.42. The fourth-order valence-corrected chi connectivity index (χ4v) is 4.73. The average molecular weight is 465 g/mol. The molecule has 168 valence electrons. The molecule has 10 heteroatoms. The van der Waals surface area contributed by atoms with Gasteiger partial charge in [0, 0.05) is 42.8 Å². The van der Waals surface area contributed by atoms with E-state index in [1.54, 1.807) is 12.1 Å². The van der Waals surface area contributed by atoms with E-state index < -0.39 is 0 Å². The molecule has 0 amide bonds. The van der Waals surface area contributed by atoms with E-state index in [0.717, 1.165) is 50.2 Å². The van der Waals surface area contributed by atoms with E-state index in [0.29, 0.717) is 34.5 Å². The lowest BCUT2D eigenvalue weighted by Gasteiger charge is -2.36. The minimum Gasteiger partial charge on any atom is -0.338 e. The number of aromatic nitrogens is 3. The van der Waals surface area contributed by atoms with Gasteiger partial charge in [-0.25, -0.2) is 0 Å². The second-order valence-corrected chi connectivity index (χ2v) is 9.40. The standard InChI is InChI=1S/C21H30Cl2N8/c1-26-16-8-14(25)10-31(11-16)21-29-19(12-3-2-4-13(24)7-12)28-20(30-21)27-15-5-6-17(22)18(23)9-15/h5-6,9,12-14,16,26H,2-4,7-8,10-11,24-25H2,1H3,(H,27,28,29,30)/t12?,13-,14+,16-/m0/s1. The number of hydrogen-bond donors (Lipinski definition) is 4. The van der Waals surface area contributed by atoms with Crippen molar-refractivity contribution in [3.63, 3.8) is 0 Å². The molecule has 0 spiro atoms. The van der Waals surface area contributed by atoms with Crippen LogP contribution in [0.1, 0.15) is 43.8 Å². The first-order valence-electron chi connectivity index (χ1n) is 10.8. The second-order valence-electron chi connectivity index (χ2n) is 8.58. The summed E-state index contributed by atoms with van der Waals surface area (Å²) in [6.07, 6.45) is 4.97. The van der Waals surface area contributed by atoms with E-state index in [-0.39, 0.29) is 18.0 Å². The van der Waals surface area contributed by atoms with Crippen LogP contribution in [-0.2, 0) is 0 Å². The number of likely N-dealkylation sites (N-methyl/N-ethyl adjacent to an activating group) is 1. The fourth-order valence-electron chi connectivity index (χ4n) is 4.44. The number of halogens is 2. The Bertz CT molecular complexity index is 911. The van der Waals surface area contributed by atoms with Gasteiger partial charge in [0.25, 0.3) is 0 Å². The van der Waals surface area contributed by atoms with Gasteiger partial charge in [-0.15, -0.1) is 0 Å². The molecule has 1 aliphatic heterocycles. The van der Waals surface area contributed by atoms with Gasteiger partial charge in [-0.05, 0) is 50.9 Å². The highest BCUT2D eigenvalue weighted by Crippen LogP contribution is 2.32. The van der Waals surface area contributed by atoms with Gasteiger partial charge >= 0.3 is 0 Å². The molecule has 2 fully saturated rings. The Morgan fingerprint density at radius 2 is 1.84 bits per heavy atom. The fraction of sp³-hybridized carbons (Fsp3) is 0.571. The van der Waals surface area contributed by atoms with Gasteiger partial charge in [0.2, 0.25) is 11.9 Å². The smallest absolute Gasteiger partial charge is 0.232 e. The lowest BCUT2D eigenvalue weighted by atomic mass is 9.85. The van der Waals surface area contributed by atoms with Crippen molar-refractivity contribution >= 4 is 40.8 Å². The number of benzene rings is 1. The van der Waals surface area contributed by atoms with Gasteiger partial charge in [-0.3, -0.25) is 0 Å². The zero-order valence-corrected chi connectivity index (χ0v) is 19.2. The number of nitrogens with one attached hydrogen (secondary N) is 2. The molecule has 6 N–H and O–H groups in total. The van der Waals surface area contributed by atoms with Crippen LogP contribution in [0.15, 0.2) is 18.2 Å². The number of nitrogens with zero attached hydrogens (tertiary/aromatic N) is 4. The number of hydrogen-bond acceptors (Lipinski definition) is 8. The van der Waals surface area contributed by atoms with Gasteiger partial charge in [0.05, 0.1) is 10.0 Å². The van der Waals surface area contributed by atoms with Crippen LogP contribution in [0.5, 0.6) is 0 Å². The van der Waals surface area contributed by atoms with Gasteiger partial charge < -0.3 is 27.0 Å². The summed E-state index contributed by atoms with van der Waals surface area (Å²) in [6, 6.07) is 5.89. The van der Waals surface area contributed by atoms with Crippen molar-refractivity contribution < 1.29 is 0 Å². The molecule has 1 aromatic carbocycles. The van der Waals surface area contributed by atoms with Crippen molar-refractivity contribution in [3.8, 4) is 0 Å². The maximum atomic E-state index is 6.31. The Kier molecular flexibility index (Phi) is 7.13. The number of piperidine rings is 1. The zero-order valence-electron chi connectivity index (χ0n) is 17.7. The molecule has 1 aromatic heterocycles. The Labute approximate surface area is 193 Å². The Balaban J connectivity index is 1.67. The van der Waals surface area contributed by atoms with Gasteiger partial charge in [0.15, 0.2) is 0 Å². The number of rotatable bonds is 5. The van der Waals surface area contributed by atoms with Crippen molar-refractivity contribution in [3.05, 3.63) is 34.1 Å². The molecule has 1 saturated carbocycles. The quantitative estimate of drug-likeness (QED) is 0.532. The average Bonchev–Trinajstić information content (AvgIpc) is 2.75. The van der Waals surface area contributed by atoms with Crippen LogP contribution in [-0.4, -0.2) is 53.2 Å². The van der Waals surface area contributed by atoms with Crippen LogP contribution >= 0.6 is 23.2 Å². The molecule has 1 unspecified atom stereocenters. The molecule has 4 atom stereocenters. The monoisotopic (exact) mass is 464 g/mol. The molecule has 2 aromatic rings. The third kappa shape index (κ3) is 5.56. The number of anilines is 3. The van der Waals surface area contributed by atoms with Crippen molar-refractivity contribution in [2.45, 2.75) is 56.1 Å². The summed E-state index contributed by atoms with van der Waals surface area (Å²) in [7, 11) is 1.96. The zero-order chi connectivity index (χ0) is 22.0. The summed E-state index contributed by atoms with van der Waals surface area (Å²) >= 11 is 12.2. The van der Waals surface area contributed by atoms with Crippen LogP contribution in [0.3, 0.4) is 0 Å². The third-order valence-electron chi connectivity index (χ3n) is 6.07. The van der Waals surface area contributed by atoms with Crippen LogP contribution in [0.2, 0.25) is 10.0 Å². The first-order chi connectivity index (χ1) is 14.9. The third-order valence-corrected chi connectivity index (χ3v) is 6.81. The molecular weight excluding hydrogens is 435 g/mol. The van der Waals surface area contributed by atoms with Crippen molar-refractivity contribution in [1.82, 2.24) is 20.3 Å². The first kappa shape index (κ1) is 22.5. The van der Waals surface area contributed by atoms with E-state index >= 15 is 0 Å². The largest absolute Gasteiger partial charge is 0.338 e. The normalized spacial score (nSPS) is 26.7. The minimum atomic E-state index is 0.0565. The Morgan fingerprint density at radius 1 is 1.00 bits per heavy atom. The van der Waals surface area contributed by atoms with E-state index in [2.05, 4.69) is 15.5 Å². The van der Waals surface area contributed by atoms with Gasteiger partial charge in [-0.1, -0.05) is 29.6 Å². The minimum absolute atomic E-state index is 0.0565. The van der Waals surface area contributed by atoms with Crippen LogP contribution in [0.25, 0.3) is 0 Å². The molecular formula is C21H30Cl2N8. The Hall–Kier alpha value is -1.71. The first-order valence-corrected chi connectivity index (χ1v) is 11.6. The summed E-state index contributed by atoms with van der Waals surface area (Å²) < 4.78 is 0. The maximum Gasteiger partial charge on any atom is 0.232 e. The van der Waals surface area contributed by atoms with Crippen molar-refractivity contribution in [2.75, 3.05) is 30.4 Å².